The highest BCUT2D eigenvalue weighted by molar-refractivity contribution is 7.17. The van der Waals surface area contributed by atoms with E-state index in [9.17, 15) is 4.79 Å². The van der Waals surface area contributed by atoms with Crippen molar-refractivity contribution in [3.63, 3.8) is 0 Å². The number of esters is 1. The molecule has 0 aliphatic carbocycles. The molecule has 0 amide bonds. The zero-order valence-corrected chi connectivity index (χ0v) is 10.5. The first-order chi connectivity index (χ1) is 8.10. The Morgan fingerprint density at radius 2 is 2.35 bits per heavy atom. The molecule has 0 unspecified atom stereocenters. The first-order valence-electron chi connectivity index (χ1n) is 4.91. The van der Waals surface area contributed by atoms with Crippen molar-refractivity contribution in [3.8, 4) is 0 Å². The summed E-state index contributed by atoms with van der Waals surface area (Å²) in [6.45, 7) is 1.90. The molecule has 2 heterocycles. The van der Waals surface area contributed by atoms with Crippen LogP contribution in [0.5, 0.6) is 0 Å². The maximum Gasteiger partial charge on any atom is 0.349 e. The Hall–Kier alpha value is -1.89. The molecule has 0 spiro atoms. The summed E-state index contributed by atoms with van der Waals surface area (Å²) < 4.78 is 6.33. The van der Waals surface area contributed by atoms with Crippen LogP contribution in [0.2, 0.25) is 0 Å². The number of methoxy groups -OCH3 is 1. The molecule has 0 radical (unpaired) electrons. The fourth-order valence-electron chi connectivity index (χ4n) is 1.36. The van der Waals surface area contributed by atoms with Crippen molar-refractivity contribution in [1.29, 1.82) is 0 Å². The van der Waals surface area contributed by atoms with Crippen molar-refractivity contribution in [3.05, 3.63) is 23.0 Å². The van der Waals surface area contributed by atoms with Gasteiger partial charge in [0.1, 0.15) is 4.88 Å². The van der Waals surface area contributed by atoms with Crippen LogP contribution in [-0.4, -0.2) is 27.8 Å². The molecule has 6 nitrogen and oxygen atoms in total. The summed E-state index contributed by atoms with van der Waals surface area (Å²) in [5, 5.41) is 7.95. The van der Waals surface area contributed by atoms with E-state index in [0.29, 0.717) is 10.0 Å². The number of thiazole rings is 1. The summed E-state index contributed by atoms with van der Waals surface area (Å²) >= 11 is 1.24. The highest BCUT2D eigenvalue weighted by Gasteiger charge is 2.11. The maximum absolute atomic E-state index is 11.3. The molecule has 2 aromatic rings. The van der Waals surface area contributed by atoms with E-state index in [-0.39, 0.29) is 5.97 Å². The summed E-state index contributed by atoms with van der Waals surface area (Å²) in [6, 6.07) is 0. The molecule has 0 saturated carbocycles. The maximum atomic E-state index is 11.3. The smallest absolute Gasteiger partial charge is 0.349 e. The second kappa shape index (κ2) is 4.54. The minimum Gasteiger partial charge on any atom is -0.465 e. The second-order valence-electron chi connectivity index (χ2n) is 3.45. The number of carbonyl (C=O) groups is 1. The molecule has 0 aliphatic heterocycles. The predicted octanol–water partition coefficient (Wildman–Crippen LogP) is 1.72. The zero-order chi connectivity index (χ0) is 12.4. The van der Waals surface area contributed by atoms with Crippen molar-refractivity contribution in [2.24, 2.45) is 7.05 Å². The third kappa shape index (κ3) is 2.44. The molecule has 0 aliphatic rings. The molecule has 1 N–H and O–H groups in total. The lowest BCUT2D eigenvalue weighted by Crippen LogP contribution is -1.96. The molecule has 0 atom stereocenters. The SMILES string of the molecule is COC(=O)c1cnc(Nc2cn(C)nc2C)s1. The van der Waals surface area contributed by atoms with Gasteiger partial charge in [0.15, 0.2) is 5.13 Å². The molecule has 0 saturated heterocycles. The molecule has 90 valence electrons. The van der Waals surface area contributed by atoms with Gasteiger partial charge in [0, 0.05) is 13.2 Å². The van der Waals surface area contributed by atoms with Gasteiger partial charge in [0.2, 0.25) is 0 Å². The van der Waals surface area contributed by atoms with Crippen molar-refractivity contribution >= 4 is 28.1 Å². The summed E-state index contributed by atoms with van der Waals surface area (Å²) in [5.74, 6) is -0.376. The van der Waals surface area contributed by atoms with Gasteiger partial charge in [-0.25, -0.2) is 9.78 Å². The summed E-state index contributed by atoms with van der Waals surface area (Å²) in [7, 11) is 3.19. The third-order valence-electron chi connectivity index (χ3n) is 2.15. The molecule has 0 fully saturated rings. The first kappa shape index (κ1) is 11.6. The van der Waals surface area contributed by atoms with Crippen LogP contribution in [-0.2, 0) is 11.8 Å². The first-order valence-corrected chi connectivity index (χ1v) is 5.73. The van der Waals surface area contributed by atoms with E-state index in [1.807, 2.05) is 20.2 Å². The number of rotatable bonds is 3. The number of aryl methyl sites for hydroxylation is 2. The van der Waals surface area contributed by atoms with E-state index >= 15 is 0 Å². The number of carbonyl (C=O) groups excluding carboxylic acids is 1. The van der Waals surface area contributed by atoms with Gasteiger partial charge >= 0.3 is 5.97 Å². The highest BCUT2D eigenvalue weighted by Crippen LogP contribution is 2.24. The number of ether oxygens (including phenoxy) is 1. The topological polar surface area (TPSA) is 69.0 Å². The number of nitrogens with zero attached hydrogens (tertiary/aromatic N) is 3. The standard InChI is InChI=1S/C10H12N4O2S/c1-6-7(5-14(2)13-6)12-10-11-4-8(17-10)9(15)16-3/h4-5H,1-3H3,(H,11,12). The molecule has 2 rings (SSSR count). The third-order valence-corrected chi connectivity index (χ3v) is 3.04. The normalized spacial score (nSPS) is 10.3. The second-order valence-corrected chi connectivity index (χ2v) is 4.48. The average molecular weight is 252 g/mol. The van der Waals surface area contributed by atoms with E-state index < -0.39 is 0 Å². The van der Waals surface area contributed by atoms with Gasteiger partial charge < -0.3 is 10.1 Å². The Labute approximate surface area is 102 Å². The minimum atomic E-state index is -0.376. The van der Waals surface area contributed by atoms with Crippen LogP contribution in [0.3, 0.4) is 0 Å². The minimum absolute atomic E-state index is 0.376. The van der Waals surface area contributed by atoms with Gasteiger partial charge in [-0.05, 0) is 6.92 Å². The van der Waals surface area contributed by atoms with Crippen LogP contribution in [0, 0.1) is 6.92 Å². The molecule has 0 bridgehead atoms. The van der Waals surface area contributed by atoms with E-state index in [1.54, 1.807) is 4.68 Å². The van der Waals surface area contributed by atoms with Crippen LogP contribution in [0.1, 0.15) is 15.4 Å². The lowest BCUT2D eigenvalue weighted by Gasteiger charge is -1.98. The fourth-order valence-corrected chi connectivity index (χ4v) is 2.11. The monoisotopic (exact) mass is 252 g/mol. The van der Waals surface area contributed by atoms with Gasteiger partial charge in [0.25, 0.3) is 0 Å². The number of anilines is 2. The Bertz CT molecular complexity index is 546. The molecule has 0 aromatic carbocycles. The Morgan fingerprint density at radius 1 is 1.59 bits per heavy atom. The van der Waals surface area contributed by atoms with Crippen LogP contribution >= 0.6 is 11.3 Å². The number of hydrogen-bond donors (Lipinski definition) is 1. The van der Waals surface area contributed by atoms with Crippen LogP contribution in [0.4, 0.5) is 10.8 Å². The molecular weight excluding hydrogens is 240 g/mol. The number of aromatic nitrogens is 3. The van der Waals surface area contributed by atoms with Gasteiger partial charge in [-0.15, -0.1) is 0 Å². The summed E-state index contributed by atoms with van der Waals surface area (Å²) in [6.07, 6.45) is 3.35. The van der Waals surface area contributed by atoms with E-state index in [2.05, 4.69) is 20.1 Å². The summed E-state index contributed by atoms with van der Waals surface area (Å²) in [5.41, 5.74) is 1.75. The quantitative estimate of drug-likeness (QED) is 0.842. The van der Waals surface area contributed by atoms with Gasteiger partial charge in [-0.3, -0.25) is 4.68 Å². The largest absolute Gasteiger partial charge is 0.465 e. The van der Waals surface area contributed by atoms with Crippen molar-refractivity contribution < 1.29 is 9.53 Å². The Kier molecular flexibility index (Phi) is 3.10. The predicted molar refractivity (Wildman–Crippen MR) is 64.7 cm³/mol. The van der Waals surface area contributed by atoms with Crippen molar-refractivity contribution in [1.82, 2.24) is 14.8 Å². The molecule has 2 aromatic heterocycles. The molecule has 17 heavy (non-hydrogen) atoms. The number of nitrogens with one attached hydrogen (secondary N) is 1. The molecule has 7 heteroatoms. The van der Waals surface area contributed by atoms with E-state index in [0.717, 1.165) is 11.4 Å². The Morgan fingerprint density at radius 3 is 2.94 bits per heavy atom. The van der Waals surface area contributed by atoms with E-state index in [4.69, 9.17) is 0 Å². The average Bonchev–Trinajstić information content (AvgIpc) is 2.86. The zero-order valence-electron chi connectivity index (χ0n) is 9.72. The lowest BCUT2D eigenvalue weighted by molar-refractivity contribution is 0.0606. The van der Waals surface area contributed by atoms with Gasteiger partial charge in [-0.1, -0.05) is 11.3 Å². The van der Waals surface area contributed by atoms with E-state index in [1.165, 1.54) is 24.6 Å². The van der Waals surface area contributed by atoms with Crippen molar-refractivity contribution in [2.45, 2.75) is 6.92 Å². The van der Waals surface area contributed by atoms with Crippen LogP contribution < -0.4 is 5.32 Å². The lowest BCUT2D eigenvalue weighted by atomic mass is 10.4. The van der Waals surface area contributed by atoms with Crippen molar-refractivity contribution in [2.75, 3.05) is 12.4 Å². The Balaban J connectivity index is 2.17. The summed E-state index contributed by atoms with van der Waals surface area (Å²) in [4.78, 5) is 15.8. The van der Waals surface area contributed by atoms with Crippen LogP contribution in [0.15, 0.2) is 12.4 Å². The highest BCUT2D eigenvalue weighted by atomic mass is 32.1. The van der Waals surface area contributed by atoms with Crippen LogP contribution in [0.25, 0.3) is 0 Å². The fraction of sp³-hybridized carbons (Fsp3) is 0.300. The number of hydrogen-bond acceptors (Lipinski definition) is 6. The van der Waals surface area contributed by atoms with Gasteiger partial charge in [-0.2, -0.15) is 5.10 Å². The van der Waals surface area contributed by atoms with Gasteiger partial charge in [0.05, 0.1) is 24.7 Å². The molecular formula is C10H12N4O2S.